The van der Waals surface area contributed by atoms with E-state index in [1.54, 1.807) is 26.0 Å². The molecule has 0 aliphatic heterocycles. The summed E-state index contributed by atoms with van der Waals surface area (Å²) in [5, 5.41) is 16.9. The molecule has 17 heavy (non-hydrogen) atoms. The van der Waals surface area contributed by atoms with Crippen LogP contribution in [0.25, 0.3) is 0 Å². The molecule has 0 aliphatic carbocycles. The topological polar surface area (TPSA) is 68.4 Å². The minimum absolute atomic E-state index is 0.245. The first kappa shape index (κ1) is 11.6. The van der Waals surface area contributed by atoms with E-state index in [-0.39, 0.29) is 6.61 Å². The average Bonchev–Trinajstić information content (AvgIpc) is 2.73. The quantitative estimate of drug-likeness (QED) is 0.876. The highest BCUT2D eigenvalue weighted by Crippen LogP contribution is 2.18. The molecule has 0 unspecified atom stereocenters. The maximum Gasteiger partial charge on any atom is 0.253 e. The van der Waals surface area contributed by atoms with Gasteiger partial charge < -0.3 is 14.3 Å². The van der Waals surface area contributed by atoms with Gasteiger partial charge in [0.15, 0.2) is 6.61 Å². The molecule has 0 spiro atoms. The molecule has 0 fully saturated rings. The van der Waals surface area contributed by atoms with Crippen LogP contribution in [0.5, 0.6) is 5.75 Å². The van der Waals surface area contributed by atoms with E-state index in [4.69, 9.17) is 9.15 Å². The van der Waals surface area contributed by atoms with Gasteiger partial charge in [-0.1, -0.05) is 12.1 Å². The van der Waals surface area contributed by atoms with E-state index >= 15 is 0 Å². The molecule has 90 valence electrons. The number of aliphatic hydroxyl groups excluding tert-OH is 1. The smallest absolute Gasteiger partial charge is 0.253 e. The van der Waals surface area contributed by atoms with Crippen LogP contribution in [0.3, 0.4) is 0 Å². The minimum Gasteiger partial charge on any atom is -0.484 e. The molecule has 0 radical (unpaired) electrons. The van der Waals surface area contributed by atoms with Crippen LogP contribution in [0.15, 0.2) is 28.7 Å². The molecule has 2 rings (SSSR count). The number of rotatable bonds is 4. The Bertz CT molecular complexity index is 477. The van der Waals surface area contributed by atoms with Crippen molar-refractivity contribution in [2.24, 2.45) is 0 Å². The van der Waals surface area contributed by atoms with E-state index < -0.39 is 6.10 Å². The Morgan fingerprint density at radius 2 is 2.00 bits per heavy atom. The van der Waals surface area contributed by atoms with Gasteiger partial charge in [-0.3, -0.25) is 0 Å². The van der Waals surface area contributed by atoms with E-state index in [1.165, 1.54) is 0 Å². The third kappa shape index (κ3) is 3.04. The lowest BCUT2D eigenvalue weighted by molar-refractivity contribution is 0.199. The Morgan fingerprint density at radius 1 is 1.29 bits per heavy atom. The molecule has 1 aromatic heterocycles. The summed E-state index contributed by atoms with van der Waals surface area (Å²) in [6, 6.07) is 7.23. The first-order chi connectivity index (χ1) is 8.15. The maximum absolute atomic E-state index is 9.35. The normalized spacial score (nSPS) is 12.4. The van der Waals surface area contributed by atoms with E-state index in [0.717, 1.165) is 5.56 Å². The van der Waals surface area contributed by atoms with Crippen LogP contribution >= 0.6 is 0 Å². The molecule has 0 saturated heterocycles. The zero-order valence-corrected chi connectivity index (χ0v) is 9.75. The Hall–Kier alpha value is -1.88. The van der Waals surface area contributed by atoms with E-state index in [9.17, 15) is 5.11 Å². The highest BCUT2D eigenvalue weighted by Gasteiger charge is 2.04. The van der Waals surface area contributed by atoms with Gasteiger partial charge in [0, 0.05) is 6.92 Å². The Labute approximate surface area is 99.1 Å². The van der Waals surface area contributed by atoms with E-state index in [2.05, 4.69) is 10.2 Å². The van der Waals surface area contributed by atoms with Gasteiger partial charge in [0.2, 0.25) is 5.89 Å². The van der Waals surface area contributed by atoms with Gasteiger partial charge in [-0.2, -0.15) is 0 Å². The fraction of sp³-hybridized carbons (Fsp3) is 0.333. The predicted octanol–water partition coefficient (Wildman–Crippen LogP) is 2.01. The fourth-order valence-corrected chi connectivity index (χ4v) is 1.38. The number of aliphatic hydroxyl groups is 1. The molecule has 1 N–H and O–H groups in total. The number of aromatic nitrogens is 2. The van der Waals surface area contributed by atoms with Crippen LogP contribution in [0.2, 0.25) is 0 Å². The van der Waals surface area contributed by atoms with Crippen LogP contribution in [-0.4, -0.2) is 15.3 Å². The largest absolute Gasteiger partial charge is 0.484 e. The summed E-state index contributed by atoms with van der Waals surface area (Å²) >= 11 is 0. The lowest BCUT2D eigenvalue weighted by Gasteiger charge is -2.06. The van der Waals surface area contributed by atoms with Gasteiger partial charge in [0.1, 0.15) is 5.75 Å². The molecule has 5 nitrogen and oxygen atoms in total. The number of ether oxygens (including phenoxy) is 1. The van der Waals surface area contributed by atoms with Crippen LogP contribution in [-0.2, 0) is 6.61 Å². The summed E-state index contributed by atoms with van der Waals surface area (Å²) in [5.74, 6) is 1.67. The second kappa shape index (κ2) is 4.97. The van der Waals surface area contributed by atoms with Crippen LogP contribution < -0.4 is 4.74 Å². The SMILES string of the molecule is Cc1nnc(COc2ccc([C@H](C)O)cc2)o1. The van der Waals surface area contributed by atoms with Gasteiger partial charge >= 0.3 is 0 Å². The molecule has 5 heteroatoms. The van der Waals surface area contributed by atoms with Crippen LogP contribution in [0.4, 0.5) is 0 Å². The highest BCUT2D eigenvalue weighted by molar-refractivity contribution is 5.28. The molecular formula is C12H14N2O3. The number of hydrogen-bond donors (Lipinski definition) is 1. The fourth-order valence-electron chi connectivity index (χ4n) is 1.38. The summed E-state index contributed by atoms with van der Waals surface area (Å²) in [6.45, 7) is 3.69. The first-order valence-electron chi connectivity index (χ1n) is 5.35. The van der Waals surface area contributed by atoms with Crippen molar-refractivity contribution in [2.75, 3.05) is 0 Å². The van der Waals surface area contributed by atoms with Gasteiger partial charge in [-0.25, -0.2) is 0 Å². The molecule has 1 aromatic carbocycles. The second-order valence-corrected chi connectivity index (χ2v) is 3.75. The summed E-state index contributed by atoms with van der Waals surface area (Å²) in [6.07, 6.45) is -0.470. The molecular weight excluding hydrogens is 220 g/mol. The van der Waals surface area contributed by atoms with Gasteiger partial charge in [-0.05, 0) is 24.6 Å². The summed E-state index contributed by atoms with van der Waals surface area (Å²) in [4.78, 5) is 0. The summed E-state index contributed by atoms with van der Waals surface area (Å²) in [5.41, 5.74) is 0.853. The van der Waals surface area contributed by atoms with Gasteiger partial charge in [0.05, 0.1) is 6.10 Å². The first-order valence-corrected chi connectivity index (χ1v) is 5.35. The number of hydrogen-bond acceptors (Lipinski definition) is 5. The highest BCUT2D eigenvalue weighted by atomic mass is 16.5. The van der Waals surface area contributed by atoms with Crippen LogP contribution in [0.1, 0.15) is 30.4 Å². The van der Waals surface area contributed by atoms with Crippen molar-refractivity contribution in [2.45, 2.75) is 26.6 Å². The van der Waals surface area contributed by atoms with Crippen molar-refractivity contribution in [3.8, 4) is 5.75 Å². The second-order valence-electron chi connectivity index (χ2n) is 3.75. The zero-order valence-electron chi connectivity index (χ0n) is 9.75. The standard InChI is InChI=1S/C12H14N2O3/c1-8(15)10-3-5-11(6-4-10)16-7-12-14-13-9(2)17-12/h3-6,8,15H,7H2,1-2H3/t8-/m0/s1. The third-order valence-electron chi connectivity index (χ3n) is 2.29. The Morgan fingerprint density at radius 3 is 2.53 bits per heavy atom. The van der Waals surface area contributed by atoms with E-state index in [1.807, 2.05) is 12.1 Å². The molecule has 0 bridgehead atoms. The van der Waals surface area contributed by atoms with Crippen LogP contribution in [0, 0.1) is 6.92 Å². The van der Waals surface area contributed by atoms with Crippen molar-refractivity contribution in [3.05, 3.63) is 41.6 Å². The minimum atomic E-state index is -0.470. The lowest BCUT2D eigenvalue weighted by atomic mass is 10.1. The molecule has 0 aliphatic rings. The number of nitrogens with zero attached hydrogens (tertiary/aromatic N) is 2. The molecule has 0 saturated carbocycles. The Kier molecular flexibility index (Phi) is 3.39. The van der Waals surface area contributed by atoms with Gasteiger partial charge in [-0.15, -0.1) is 10.2 Å². The molecule has 0 amide bonds. The zero-order chi connectivity index (χ0) is 12.3. The third-order valence-corrected chi connectivity index (χ3v) is 2.29. The van der Waals surface area contributed by atoms with Gasteiger partial charge in [0.25, 0.3) is 5.89 Å². The Balaban J connectivity index is 1.95. The van der Waals surface area contributed by atoms with Crippen molar-refractivity contribution < 1.29 is 14.3 Å². The molecule has 2 aromatic rings. The average molecular weight is 234 g/mol. The summed E-state index contributed by atoms with van der Waals surface area (Å²) < 4.78 is 10.6. The maximum atomic E-state index is 9.35. The summed E-state index contributed by atoms with van der Waals surface area (Å²) in [7, 11) is 0. The van der Waals surface area contributed by atoms with Crippen molar-refractivity contribution >= 4 is 0 Å². The van der Waals surface area contributed by atoms with Crippen molar-refractivity contribution in [3.63, 3.8) is 0 Å². The predicted molar refractivity (Wildman–Crippen MR) is 60.4 cm³/mol. The van der Waals surface area contributed by atoms with Crippen molar-refractivity contribution in [1.82, 2.24) is 10.2 Å². The molecule has 1 atom stereocenters. The number of aryl methyl sites for hydroxylation is 1. The lowest BCUT2D eigenvalue weighted by Crippen LogP contribution is -1.96. The number of benzene rings is 1. The van der Waals surface area contributed by atoms with Crippen molar-refractivity contribution in [1.29, 1.82) is 0 Å². The molecule has 1 heterocycles. The van der Waals surface area contributed by atoms with E-state index in [0.29, 0.717) is 17.5 Å². The monoisotopic (exact) mass is 234 g/mol.